The molecule has 0 unspecified atom stereocenters. The molecule has 0 N–H and O–H groups in total. The Labute approximate surface area is 151 Å². The summed E-state index contributed by atoms with van der Waals surface area (Å²) in [6, 6.07) is 3.95. The lowest BCUT2D eigenvalue weighted by Crippen LogP contribution is -2.43. The van der Waals surface area contributed by atoms with Crippen LogP contribution in [0.5, 0.6) is 0 Å². The van der Waals surface area contributed by atoms with Crippen LogP contribution < -0.4 is 0 Å². The summed E-state index contributed by atoms with van der Waals surface area (Å²) in [5.41, 5.74) is 2.18. The van der Waals surface area contributed by atoms with Crippen molar-refractivity contribution in [3.63, 3.8) is 0 Å². The minimum absolute atomic E-state index is 0.833. The minimum Gasteiger partial charge on any atom is -0.377 e. The lowest BCUT2D eigenvalue weighted by atomic mass is 10.6. The van der Waals surface area contributed by atoms with Gasteiger partial charge in [0.05, 0.1) is 8.07 Å². The molecule has 0 rings (SSSR count). The average molecular weight is 397 g/mol. The van der Waals surface area contributed by atoms with Crippen LogP contribution in [0.15, 0.2) is 12.3 Å². The van der Waals surface area contributed by atoms with E-state index in [-0.39, 0.29) is 0 Å². The first-order valence-corrected chi connectivity index (χ1v) is 15.1. The zero-order valence-electron chi connectivity index (χ0n) is 16.5. The van der Waals surface area contributed by atoms with Crippen molar-refractivity contribution in [1.82, 2.24) is 0 Å². The zero-order chi connectivity index (χ0) is 18.7. The van der Waals surface area contributed by atoms with Crippen molar-refractivity contribution in [3.8, 4) is 0 Å². The Kier molecular flexibility index (Phi) is 11.8. The van der Waals surface area contributed by atoms with Crippen LogP contribution in [0.2, 0.25) is 30.7 Å². The summed E-state index contributed by atoms with van der Waals surface area (Å²) in [6.45, 7) is 6.45. The SMILES string of the molecule is C=C[Si](C)(CCC[Si](OC)(OC)OC)CCC[Si](OC)(OC)OC. The van der Waals surface area contributed by atoms with Gasteiger partial charge >= 0.3 is 17.6 Å². The maximum Gasteiger partial charge on any atom is 0.500 e. The second kappa shape index (κ2) is 11.7. The Morgan fingerprint density at radius 1 is 0.625 bits per heavy atom. The Hall–Kier alpha value is 0.151. The molecule has 0 bridgehead atoms. The highest BCUT2D eigenvalue weighted by Gasteiger charge is 2.39. The fraction of sp³-hybridized carbons (Fsp3) is 0.867. The Morgan fingerprint density at radius 2 is 0.917 bits per heavy atom. The molecule has 0 atom stereocenters. The zero-order valence-corrected chi connectivity index (χ0v) is 19.5. The number of hydrogen-bond donors (Lipinski definition) is 0. The quantitative estimate of drug-likeness (QED) is 0.396. The monoisotopic (exact) mass is 396 g/mol. The van der Waals surface area contributed by atoms with E-state index in [1.807, 2.05) is 0 Å². The van der Waals surface area contributed by atoms with Crippen LogP contribution in [-0.4, -0.2) is 68.3 Å². The van der Waals surface area contributed by atoms with E-state index >= 15 is 0 Å². The predicted octanol–water partition coefficient (Wildman–Crippen LogP) is 3.33. The smallest absolute Gasteiger partial charge is 0.377 e. The Bertz CT molecular complexity index is 306. The fourth-order valence-corrected chi connectivity index (χ4v) is 9.64. The van der Waals surface area contributed by atoms with Crippen molar-refractivity contribution in [2.45, 2.75) is 43.6 Å². The molecular weight excluding hydrogens is 360 g/mol. The van der Waals surface area contributed by atoms with Gasteiger partial charge in [0.2, 0.25) is 0 Å². The van der Waals surface area contributed by atoms with Crippen molar-refractivity contribution >= 4 is 25.7 Å². The predicted molar refractivity (Wildman–Crippen MR) is 104 cm³/mol. The number of hydrogen-bond acceptors (Lipinski definition) is 6. The van der Waals surface area contributed by atoms with Gasteiger partial charge in [0.1, 0.15) is 0 Å². The summed E-state index contributed by atoms with van der Waals surface area (Å²) < 4.78 is 33.0. The van der Waals surface area contributed by atoms with Gasteiger partial charge in [0, 0.05) is 54.7 Å². The first-order valence-electron chi connectivity index (χ1n) is 8.29. The standard InChI is InChI=1S/C15H36O6Si3/c1-9-22(8,12-10-14-23(16-2,17-3)18-4)13-11-15-24(19-5,20-6)21-7/h9H,1,10-15H2,2-8H3. The van der Waals surface area contributed by atoms with Crippen LogP contribution in [0.1, 0.15) is 12.8 Å². The first kappa shape index (κ1) is 24.2. The van der Waals surface area contributed by atoms with Crippen molar-refractivity contribution < 1.29 is 26.6 Å². The molecule has 24 heavy (non-hydrogen) atoms. The molecule has 0 aromatic carbocycles. The van der Waals surface area contributed by atoms with Crippen LogP contribution in [-0.2, 0) is 26.6 Å². The van der Waals surface area contributed by atoms with Crippen LogP contribution in [0.4, 0.5) is 0 Å². The Morgan fingerprint density at radius 3 is 1.12 bits per heavy atom. The summed E-state index contributed by atoms with van der Waals surface area (Å²) in [6.07, 6.45) is 2.05. The topological polar surface area (TPSA) is 55.4 Å². The first-order chi connectivity index (χ1) is 11.3. The molecule has 0 fully saturated rings. The van der Waals surface area contributed by atoms with E-state index in [4.69, 9.17) is 26.6 Å². The van der Waals surface area contributed by atoms with Crippen LogP contribution in [0.25, 0.3) is 0 Å². The highest BCUT2D eigenvalue weighted by Crippen LogP contribution is 2.28. The minimum atomic E-state index is -2.47. The van der Waals surface area contributed by atoms with E-state index < -0.39 is 25.7 Å². The molecule has 0 aromatic rings. The van der Waals surface area contributed by atoms with Gasteiger partial charge in [0.25, 0.3) is 0 Å². The van der Waals surface area contributed by atoms with Gasteiger partial charge in [-0.25, -0.2) is 0 Å². The summed E-state index contributed by atoms with van der Waals surface area (Å²) in [7, 11) is 3.49. The third-order valence-electron chi connectivity index (χ3n) is 4.82. The van der Waals surface area contributed by atoms with E-state index in [1.165, 1.54) is 0 Å². The summed E-state index contributed by atoms with van der Waals surface area (Å²) >= 11 is 0. The van der Waals surface area contributed by atoms with Crippen LogP contribution in [0.3, 0.4) is 0 Å². The molecule has 0 aromatic heterocycles. The fourth-order valence-electron chi connectivity index (χ4n) is 2.86. The van der Waals surface area contributed by atoms with Crippen LogP contribution >= 0.6 is 0 Å². The molecule has 0 saturated carbocycles. The van der Waals surface area contributed by atoms with Gasteiger partial charge in [-0.3, -0.25) is 0 Å². The lowest BCUT2D eigenvalue weighted by molar-refractivity contribution is 0.123. The van der Waals surface area contributed by atoms with Gasteiger partial charge in [-0.2, -0.15) is 0 Å². The number of rotatable bonds is 15. The molecule has 0 radical (unpaired) electrons. The van der Waals surface area contributed by atoms with Crippen LogP contribution in [0, 0.1) is 0 Å². The van der Waals surface area contributed by atoms with E-state index in [9.17, 15) is 0 Å². The molecule has 0 saturated heterocycles. The van der Waals surface area contributed by atoms with E-state index in [2.05, 4.69) is 18.8 Å². The molecule has 6 nitrogen and oxygen atoms in total. The third kappa shape index (κ3) is 7.18. The average Bonchev–Trinajstić information content (AvgIpc) is 2.63. The van der Waals surface area contributed by atoms with Gasteiger partial charge in [-0.05, 0) is 0 Å². The Balaban J connectivity index is 4.51. The van der Waals surface area contributed by atoms with Gasteiger partial charge in [-0.15, -0.1) is 12.3 Å². The van der Waals surface area contributed by atoms with Crippen molar-refractivity contribution in [2.75, 3.05) is 42.7 Å². The molecule has 0 aliphatic heterocycles. The normalized spacial score (nSPS) is 13.3. The van der Waals surface area contributed by atoms with E-state index in [1.54, 1.807) is 42.7 Å². The van der Waals surface area contributed by atoms with Gasteiger partial charge < -0.3 is 26.6 Å². The van der Waals surface area contributed by atoms with Gasteiger partial charge in [-0.1, -0.05) is 31.5 Å². The second-order valence-electron chi connectivity index (χ2n) is 6.16. The van der Waals surface area contributed by atoms with Crippen molar-refractivity contribution in [1.29, 1.82) is 0 Å². The third-order valence-corrected chi connectivity index (χ3v) is 14.5. The molecule has 144 valence electrons. The largest absolute Gasteiger partial charge is 0.500 e. The highest BCUT2D eigenvalue weighted by atomic mass is 28.4. The highest BCUT2D eigenvalue weighted by molar-refractivity contribution is 6.83. The molecular formula is C15H36O6Si3. The van der Waals surface area contributed by atoms with Gasteiger partial charge in [0.15, 0.2) is 0 Å². The molecule has 0 aliphatic rings. The summed E-state index contributed by atoms with van der Waals surface area (Å²) in [5, 5.41) is 0. The molecule has 0 spiro atoms. The molecule has 0 amide bonds. The van der Waals surface area contributed by atoms with E-state index in [0.717, 1.165) is 37.0 Å². The summed E-state index contributed by atoms with van der Waals surface area (Å²) in [5.74, 6) is 0. The summed E-state index contributed by atoms with van der Waals surface area (Å²) in [4.78, 5) is 0. The van der Waals surface area contributed by atoms with Crippen molar-refractivity contribution in [3.05, 3.63) is 12.3 Å². The van der Waals surface area contributed by atoms with E-state index in [0.29, 0.717) is 0 Å². The molecule has 0 aliphatic carbocycles. The maximum atomic E-state index is 5.49. The van der Waals surface area contributed by atoms with Crippen molar-refractivity contribution in [2.24, 2.45) is 0 Å². The molecule has 0 heterocycles. The second-order valence-corrected chi connectivity index (χ2v) is 17.1. The maximum absolute atomic E-state index is 5.49. The lowest BCUT2D eigenvalue weighted by Gasteiger charge is -2.29. The molecule has 9 heteroatoms.